The van der Waals surface area contributed by atoms with E-state index in [1.54, 1.807) is 24.7 Å². The highest BCUT2D eigenvalue weighted by molar-refractivity contribution is 5.92. The van der Waals surface area contributed by atoms with Crippen molar-refractivity contribution >= 4 is 22.8 Å². The summed E-state index contributed by atoms with van der Waals surface area (Å²) in [6.07, 6.45) is 7.03. The van der Waals surface area contributed by atoms with Crippen molar-refractivity contribution in [3.05, 3.63) is 48.7 Å². The van der Waals surface area contributed by atoms with Gasteiger partial charge in [0.1, 0.15) is 23.5 Å². The van der Waals surface area contributed by atoms with Gasteiger partial charge in [0.15, 0.2) is 0 Å². The maximum atomic E-state index is 12.2. The van der Waals surface area contributed by atoms with E-state index in [0.717, 1.165) is 42.8 Å². The quantitative estimate of drug-likeness (QED) is 0.789. The number of aromatic nitrogens is 4. The van der Waals surface area contributed by atoms with Crippen molar-refractivity contribution in [2.45, 2.75) is 18.9 Å². The van der Waals surface area contributed by atoms with Gasteiger partial charge in [0.05, 0.1) is 5.39 Å². The Kier molecular flexibility index (Phi) is 4.05. The molecule has 128 valence electrons. The van der Waals surface area contributed by atoms with Crippen LogP contribution in [-0.2, 0) is 7.05 Å². The van der Waals surface area contributed by atoms with Gasteiger partial charge in [0, 0.05) is 38.6 Å². The summed E-state index contributed by atoms with van der Waals surface area (Å²) >= 11 is 0. The molecule has 1 amide bonds. The molecule has 3 aromatic heterocycles. The minimum Gasteiger partial charge on any atom is -0.356 e. The molecule has 1 fully saturated rings. The lowest BCUT2D eigenvalue weighted by atomic mass is 10.0. The molecule has 1 aliphatic rings. The molecule has 0 aliphatic carbocycles. The minimum absolute atomic E-state index is 0.105. The summed E-state index contributed by atoms with van der Waals surface area (Å²) in [4.78, 5) is 27.4. The van der Waals surface area contributed by atoms with E-state index in [-0.39, 0.29) is 11.9 Å². The average Bonchev–Trinajstić information content (AvgIpc) is 3.04. The van der Waals surface area contributed by atoms with Crippen LogP contribution in [0.3, 0.4) is 0 Å². The van der Waals surface area contributed by atoms with Gasteiger partial charge in [-0.05, 0) is 31.0 Å². The zero-order chi connectivity index (χ0) is 17.2. The summed E-state index contributed by atoms with van der Waals surface area (Å²) in [5.41, 5.74) is 1.40. The lowest BCUT2D eigenvalue weighted by molar-refractivity contribution is 0.0926. The largest absolute Gasteiger partial charge is 0.356 e. The third-order valence-corrected chi connectivity index (χ3v) is 4.67. The van der Waals surface area contributed by atoms with Crippen molar-refractivity contribution in [1.29, 1.82) is 0 Å². The first-order valence-corrected chi connectivity index (χ1v) is 8.45. The van der Waals surface area contributed by atoms with E-state index < -0.39 is 0 Å². The highest BCUT2D eigenvalue weighted by atomic mass is 16.1. The second-order valence-corrected chi connectivity index (χ2v) is 6.31. The maximum Gasteiger partial charge on any atom is 0.270 e. The van der Waals surface area contributed by atoms with Crippen LogP contribution in [0.5, 0.6) is 0 Å². The van der Waals surface area contributed by atoms with Crippen LogP contribution in [-0.4, -0.2) is 44.6 Å². The van der Waals surface area contributed by atoms with Gasteiger partial charge in [-0.1, -0.05) is 6.07 Å². The predicted molar refractivity (Wildman–Crippen MR) is 95.4 cm³/mol. The Balaban J connectivity index is 1.42. The van der Waals surface area contributed by atoms with E-state index in [0.29, 0.717) is 5.69 Å². The van der Waals surface area contributed by atoms with E-state index in [2.05, 4.69) is 31.2 Å². The zero-order valence-corrected chi connectivity index (χ0v) is 14.1. The Labute approximate surface area is 145 Å². The summed E-state index contributed by atoms with van der Waals surface area (Å²) in [6, 6.07) is 7.59. The molecule has 7 nitrogen and oxygen atoms in total. The van der Waals surface area contributed by atoms with Crippen molar-refractivity contribution in [3.8, 4) is 0 Å². The number of piperidine rings is 1. The van der Waals surface area contributed by atoms with Gasteiger partial charge < -0.3 is 14.8 Å². The Bertz CT molecular complexity index is 883. The number of aryl methyl sites for hydroxylation is 1. The second-order valence-electron chi connectivity index (χ2n) is 6.31. The summed E-state index contributed by atoms with van der Waals surface area (Å²) in [6.45, 7) is 1.71. The molecule has 0 bridgehead atoms. The van der Waals surface area contributed by atoms with Crippen LogP contribution in [0.15, 0.2) is 43.0 Å². The minimum atomic E-state index is -0.105. The average molecular weight is 336 g/mol. The molecule has 0 aromatic carbocycles. The summed E-state index contributed by atoms with van der Waals surface area (Å²) in [5, 5.41) is 4.15. The standard InChI is InChI=1S/C18H20N6O/c1-23-9-7-14-16(23)20-12-21-17(14)24-10-5-13(6-11-24)22-18(25)15-4-2-3-8-19-15/h2-4,7-9,12-13H,5-6,10-11H2,1H3,(H,22,25). The van der Waals surface area contributed by atoms with Crippen molar-refractivity contribution in [3.63, 3.8) is 0 Å². The van der Waals surface area contributed by atoms with Crippen LogP contribution in [0.2, 0.25) is 0 Å². The Hall–Kier alpha value is -2.96. The molecule has 0 radical (unpaired) electrons. The van der Waals surface area contributed by atoms with E-state index in [9.17, 15) is 4.79 Å². The van der Waals surface area contributed by atoms with Gasteiger partial charge in [-0.2, -0.15) is 0 Å². The smallest absolute Gasteiger partial charge is 0.270 e. The van der Waals surface area contributed by atoms with E-state index in [1.807, 2.05) is 23.9 Å². The molecule has 0 atom stereocenters. The number of amides is 1. The summed E-state index contributed by atoms with van der Waals surface area (Å²) in [7, 11) is 1.98. The van der Waals surface area contributed by atoms with E-state index in [1.165, 1.54) is 0 Å². The first kappa shape index (κ1) is 15.6. The van der Waals surface area contributed by atoms with Crippen LogP contribution >= 0.6 is 0 Å². The summed E-state index contributed by atoms with van der Waals surface area (Å²) in [5.74, 6) is 0.867. The number of pyridine rings is 1. The number of hydrogen-bond donors (Lipinski definition) is 1. The normalized spacial score (nSPS) is 15.5. The lowest BCUT2D eigenvalue weighted by Crippen LogP contribution is -2.45. The summed E-state index contributed by atoms with van der Waals surface area (Å²) < 4.78 is 2.00. The van der Waals surface area contributed by atoms with Gasteiger partial charge in [0.2, 0.25) is 0 Å². The number of carbonyl (C=O) groups excluding carboxylic acids is 1. The van der Waals surface area contributed by atoms with Crippen LogP contribution in [0, 0.1) is 0 Å². The molecule has 0 saturated carbocycles. The number of nitrogens with zero attached hydrogens (tertiary/aromatic N) is 5. The fraction of sp³-hybridized carbons (Fsp3) is 0.333. The van der Waals surface area contributed by atoms with Crippen LogP contribution in [0.1, 0.15) is 23.3 Å². The van der Waals surface area contributed by atoms with Crippen molar-refractivity contribution < 1.29 is 4.79 Å². The Morgan fingerprint density at radius 1 is 1.16 bits per heavy atom. The van der Waals surface area contributed by atoms with Crippen molar-refractivity contribution in [2.24, 2.45) is 7.05 Å². The van der Waals surface area contributed by atoms with Gasteiger partial charge in [-0.15, -0.1) is 0 Å². The molecular weight excluding hydrogens is 316 g/mol. The zero-order valence-electron chi connectivity index (χ0n) is 14.1. The second kappa shape index (κ2) is 6.51. The number of nitrogens with one attached hydrogen (secondary N) is 1. The van der Waals surface area contributed by atoms with E-state index >= 15 is 0 Å². The molecule has 7 heteroatoms. The van der Waals surface area contributed by atoms with Crippen LogP contribution < -0.4 is 10.2 Å². The number of anilines is 1. The topological polar surface area (TPSA) is 75.9 Å². The SMILES string of the molecule is Cn1ccc2c(N3CCC(NC(=O)c4ccccn4)CC3)ncnc21. The molecule has 1 saturated heterocycles. The van der Waals surface area contributed by atoms with Gasteiger partial charge in [0.25, 0.3) is 5.91 Å². The first-order valence-electron chi connectivity index (χ1n) is 8.45. The van der Waals surface area contributed by atoms with Crippen molar-refractivity contribution in [2.75, 3.05) is 18.0 Å². The highest BCUT2D eigenvalue weighted by Crippen LogP contribution is 2.26. The molecule has 4 rings (SSSR count). The highest BCUT2D eigenvalue weighted by Gasteiger charge is 2.23. The van der Waals surface area contributed by atoms with Crippen LogP contribution in [0.4, 0.5) is 5.82 Å². The number of hydrogen-bond acceptors (Lipinski definition) is 5. The molecule has 0 spiro atoms. The first-order chi connectivity index (χ1) is 12.2. The van der Waals surface area contributed by atoms with Gasteiger partial charge in [-0.25, -0.2) is 9.97 Å². The van der Waals surface area contributed by atoms with Crippen molar-refractivity contribution in [1.82, 2.24) is 24.8 Å². The number of carbonyl (C=O) groups is 1. The fourth-order valence-corrected chi connectivity index (χ4v) is 3.31. The van der Waals surface area contributed by atoms with E-state index in [4.69, 9.17) is 0 Å². The number of fused-ring (bicyclic) bond motifs is 1. The molecule has 3 aromatic rings. The molecule has 1 aliphatic heterocycles. The Morgan fingerprint density at radius 2 is 2.00 bits per heavy atom. The number of rotatable bonds is 3. The Morgan fingerprint density at radius 3 is 2.76 bits per heavy atom. The van der Waals surface area contributed by atoms with Gasteiger partial charge in [-0.3, -0.25) is 9.78 Å². The predicted octanol–water partition coefficient (Wildman–Crippen LogP) is 1.76. The fourth-order valence-electron chi connectivity index (χ4n) is 3.31. The maximum absolute atomic E-state index is 12.2. The third kappa shape index (κ3) is 3.05. The molecule has 25 heavy (non-hydrogen) atoms. The molecule has 4 heterocycles. The molecule has 0 unspecified atom stereocenters. The van der Waals surface area contributed by atoms with Crippen LogP contribution in [0.25, 0.3) is 11.0 Å². The monoisotopic (exact) mass is 336 g/mol. The third-order valence-electron chi connectivity index (χ3n) is 4.67. The lowest BCUT2D eigenvalue weighted by Gasteiger charge is -2.33. The molecular formula is C18H20N6O. The van der Waals surface area contributed by atoms with Gasteiger partial charge >= 0.3 is 0 Å². The molecule has 1 N–H and O–H groups in total.